The van der Waals surface area contributed by atoms with Crippen LogP contribution in [0.25, 0.3) is 0 Å². The van der Waals surface area contributed by atoms with Crippen LogP contribution in [-0.2, 0) is 16.4 Å². The summed E-state index contributed by atoms with van der Waals surface area (Å²) in [7, 11) is -3.61. The molecule has 2 atom stereocenters. The number of nitrogens with one attached hydrogen (secondary N) is 1. The molecule has 0 amide bonds. The molecule has 0 saturated heterocycles. The molecule has 21 heavy (non-hydrogen) atoms. The van der Waals surface area contributed by atoms with E-state index in [0.717, 1.165) is 5.56 Å². The predicted molar refractivity (Wildman–Crippen MR) is 77.3 cm³/mol. The maximum atomic E-state index is 12.2. The Balaban J connectivity index is 1.94. The number of phenols is 1. The fourth-order valence-corrected chi connectivity index (χ4v) is 4.05. The molecule has 1 aliphatic rings. The van der Waals surface area contributed by atoms with E-state index < -0.39 is 22.2 Å². The molecule has 3 N–H and O–H groups in total. The van der Waals surface area contributed by atoms with Gasteiger partial charge in [0, 0.05) is 5.56 Å². The minimum absolute atomic E-state index is 0.124. The lowest BCUT2D eigenvalue weighted by Gasteiger charge is -2.30. The molecule has 1 aliphatic heterocycles. The summed E-state index contributed by atoms with van der Waals surface area (Å²) in [5.41, 5.74) is 1.25. The molecule has 1 heterocycles. The molecule has 0 saturated carbocycles. The monoisotopic (exact) mass is 305 g/mol. The Kier molecular flexibility index (Phi) is 3.44. The van der Waals surface area contributed by atoms with Crippen LogP contribution in [0, 0.1) is 0 Å². The van der Waals surface area contributed by atoms with Gasteiger partial charge in [-0.05, 0) is 30.2 Å². The van der Waals surface area contributed by atoms with Gasteiger partial charge < -0.3 is 10.2 Å². The third kappa shape index (κ3) is 2.65. The Bertz CT molecular complexity index is 755. The summed E-state index contributed by atoms with van der Waals surface area (Å²) in [6, 6.07) is 12.3. The zero-order valence-electron chi connectivity index (χ0n) is 11.1. The van der Waals surface area contributed by atoms with E-state index in [-0.39, 0.29) is 10.6 Å². The quantitative estimate of drug-likeness (QED) is 0.781. The van der Waals surface area contributed by atoms with Gasteiger partial charge in [-0.1, -0.05) is 30.3 Å². The van der Waals surface area contributed by atoms with Crippen LogP contribution in [0.1, 0.15) is 17.2 Å². The van der Waals surface area contributed by atoms with Crippen molar-refractivity contribution in [2.45, 2.75) is 23.5 Å². The molecule has 0 radical (unpaired) electrons. The number of sulfonamides is 1. The molecule has 0 spiro atoms. The predicted octanol–water partition coefficient (Wildman–Crippen LogP) is 1.33. The van der Waals surface area contributed by atoms with Crippen molar-refractivity contribution in [3.05, 3.63) is 59.7 Å². The van der Waals surface area contributed by atoms with Crippen molar-refractivity contribution < 1.29 is 18.6 Å². The van der Waals surface area contributed by atoms with Crippen LogP contribution in [0.2, 0.25) is 0 Å². The maximum absolute atomic E-state index is 12.2. The third-order valence-corrected chi connectivity index (χ3v) is 5.17. The number of benzene rings is 2. The molecule has 0 bridgehead atoms. The van der Waals surface area contributed by atoms with E-state index >= 15 is 0 Å². The van der Waals surface area contributed by atoms with Crippen LogP contribution in [0.3, 0.4) is 0 Å². The summed E-state index contributed by atoms with van der Waals surface area (Å²) in [5, 5.41) is 19.7. The fraction of sp³-hybridized carbons (Fsp3) is 0.200. The highest BCUT2D eigenvalue weighted by molar-refractivity contribution is 7.89. The maximum Gasteiger partial charge on any atom is 0.241 e. The normalized spacial score (nSPS) is 23.5. The molecular formula is C15H15NO4S. The van der Waals surface area contributed by atoms with Crippen molar-refractivity contribution in [2.24, 2.45) is 0 Å². The highest BCUT2D eigenvalue weighted by atomic mass is 32.2. The number of hydrogen-bond acceptors (Lipinski definition) is 4. The van der Waals surface area contributed by atoms with E-state index in [1.807, 2.05) is 0 Å². The van der Waals surface area contributed by atoms with Crippen molar-refractivity contribution in [3.8, 4) is 5.75 Å². The number of aliphatic hydroxyl groups excluding tert-OH is 1. The molecular weight excluding hydrogens is 290 g/mol. The molecule has 6 heteroatoms. The number of hydrogen-bond donors (Lipinski definition) is 3. The number of aliphatic hydroxyl groups is 1. The standard InChI is InChI=1S/C15H15NO4S/c17-11-7-5-10(6-8-11)9-13-15(18)12-3-1-2-4-14(12)21(19,20)16-13/h1-8,13,15-18H,9H2/t13-,15+/m1/s1. The van der Waals surface area contributed by atoms with Crippen molar-refractivity contribution >= 4 is 10.0 Å². The van der Waals surface area contributed by atoms with Crippen LogP contribution in [0.4, 0.5) is 0 Å². The first-order chi connectivity index (χ1) is 9.97. The lowest BCUT2D eigenvalue weighted by Crippen LogP contribution is -2.45. The number of fused-ring (bicyclic) bond motifs is 1. The largest absolute Gasteiger partial charge is 0.508 e. The van der Waals surface area contributed by atoms with E-state index in [1.54, 1.807) is 30.3 Å². The van der Waals surface area contributed by atoms with Gasteiger partial charge in [0.05, 0.1) is 17.0 Å². The number of phenolic OH excluding ortho intramolecular Hbond substituents is 1. The van der Waals surface area contributed by atoms with Gasteiger partial charge in [-0.15, -0.1) is 0 Å². The molecule has 2 aromatic carbocycles. The Labute approximate surface area is 122 Å². The molecule has 110 valence electrons. The van der Waals surface area contributed by atoms with E-state index in [1.165, 1.54) is 18.2 Å². The van der Waals surface area contributed by atoms with Gasteiger partial charge in [0.25, 0.3) is 0 Å². The number of aromatic hydroxyl groups is 1. The zero-order valence-corrected chi connectivity index (χ0v) is 11.9. The highest BCUT2D eigenvalue weighted by Crippen LogP contribution is 2.31. The second kappa shape index (κ2) is 5.14. The van der Waals surface area contributed by atoms with Crippen LogP contribution in [0.15, 0.2) is 53.4 Å². The molecule has 0 aromatic heterocycles. The van der Waals surface area contributed by atoms with E-state index in [9.17, 15) is 18.6 Å². The van der Waals surface area contributed by atoms with Gasteiger partial charge in [-0.25, -0.2) is 13.1 Å². The number of rotatable bonds is 2. The Morgan fingerprint density at radius 3 is 2.43 bits per heavy atom. The lowest BCUT2D eigenvalue weighted by molar-refractivity contribution is 0.131. The smallest absolute Gasteiger partial charge is 0.241 e. The van der Waals surface area contributed by atoms with Gasteiger partial charge in [-0.3, -0.25) is 0 Å². The summed E-state index contributed by atoms with van der Waals surface area (Å²) in [6.45, 7) is 0. The van der Waals surface area contributed by atoms with Gasteiger partial charge in [0.15, 0.2) is 0 Å². The first-order valence-corrected chi connectivity index (χ1v) is 8.03. The van der Waals surface area contributed by atoms with Gasteiger partial charge in [0.1, 0.15) is 5.75 Å². The molecule has 5 nitrogen and oxygen atoms in total. The van der Waals surface area contributed by atoms with E-state index in [2.05, 4.69) is 4.72 Å². The van der Waals surface area contributed by atoms with Crippen LogP contribution < -0.4 is 4.72 Å². The first-order valence-electron chi connectivity index (χ1n) is 6.54. The molecule has 2 aromatic rings. The highest BCUT2D eigenvalue weighted by Gasteiger charge is 2.35. The molecule has 0 fully saturated rings. The topological polar surface area (TPSA) is 86.6 Å². The molecule has 0 aliphatic carbocycles. The molecule has 0 unspecified atom stereocenters. The fourth-order valence-electron chi connectivity index (χ4n) is 2.55. The Morgan fingerprint density at radius 2 is 1.71 bits per heavy atom. The Hall–Kier alpha value is -1.89. The SMILES string of the molecule is O=S1(=O)N[C@H](Cc2ccc(O)cc2)[C@@H](O)c2ccccc21. The summed E-state index contributed by atoms with van der Waals surface area (Å²) in [6.07, 6.45) is -0.562. The van der Waals surface area contributed by atoms with Crippen molar-refractivity contribution in [1.82, 2.24) is 4.72 Å². The van der Waals surface area contributed by atoms with Crippen molar-refractivity contribution in [1.29, 1.82) is 0 Å². The average molecular weight is 305 g/mol. The summed E-state index contributed by atoms with van der Waals surface area (Å²) >= 11 is 0. The second-order valence-electron chi connectivity index (χ2n) is 5.08. The zero-order chi connectivity index (χ0) is 15.0. The second-order valence-corrected chi connectivity index (χ2v) is 6.76. The summed E-state index contributed by atoms with van der Waals surface area (Å²) in [4.78, 5) is 0.124. The third-order valence-electron chi connectivity index (χ3n) is 3.61. The van der Waals surface area contributed by atoms with E-state index in [0.29, 0.717) is 12.0 Å². The summed E-state index contributed by atoms with van der Waals surface area (Å²) in [5.74, 6) is 0.147. The van der Waals surface area contributed by atoms with Crippen molar-refractivity contribution in [2.75, 3.05) is 0 Å². The van der Waals surface area contributed by atoms with Gasteiger partial charge in [0.2, 0.25) is 10.0 Å². The van der Waals surface area contributed by atoms with Crippen molar-refractivity contribution in [3.63, 3.8) is 0 Å². The molecule has 3 rings (SSSR count). The van der Waals surface area contributed by atoms with Gasteiger partial charge >= 0.3 is 0 Å². The van der Waals surface area contributed by atoms with E-state index in [4.69, 9.17) is 0 Å². The Morgan fingerprint density at radius 1 is 1.05 bits per heavy atom. The minimum Gasteiger partial charge on any atom is -0.508 e. The van der Waals surface area contributed by atoms with Crippen LogP contribution in [-0.4, -0.2) is 24.7 Å². The average Bonchev–Trinajstić information content (AvgIpc) is 2.47. The minimum atomic E-state index is -3.61. The summed E-state index contributed by atoms with van der Waals surface area (Å²) < 4.78 is 26.9. The van der Waals surface area contributed by atoms with Gasteiger partial charge in [-0.2, -0.15) is 0 Å². The first kappa shape index (κ1) is 14.1. The van der Waals surface area contributed by atoms with Crippen LogP contribution >= 0.6 is 0 Å². The van der Waals surface area contributed by atoms with Crippen LogP contribution in [0.5, 0.6) is 5.75 Å². The lowest BCUT2D eigenvalue weighted by atomic mass is 9.96.